The van der Waals surface area contributed by atoms with Crippen molar-refractivity contribution in [1.29, 1.82) is 0 Å². The largest absolute Gasteiger partial charge is 0.346 e. The lowest BCUT2D eigenvalue weighted by Gasteiger charge is -2.20. The van der Waals surface area contributed by atoms with Crippen LogP contribution in [0.1, 0.15) is 31.4 Å². The fraction of sp³-hybridized carbons (Fsp3) is 0.333. The SMILES string of the molecule is CCN(CC)C(=O)CCn1cc(-c2ccc(C)cc2)c(=O)c2ccc(C)cc21. The van der Waals surface area contributed by atoms with Crippen molar-refractivity contribution in [3.8, 4) is 11.1 Å². The number of fused-ring (bicyclic) bond motifs is 1. The molecule has 0 aliphatic carbocycles. The maximum Gasteiger partial charge on any atom is 0.224 e. The van der Waals surface area contributed by atoms with Crippen molar-refractivity contribution in [1.82, 2.24) is 9.47 Å². The highest BCUT2D eigenvalue weighted by molar-refractivity contribution is 5.85. The van der Waals surface area contributed by atoms with E-state index in [0.717, 1.165) is 22.2 Å². The van der Waals surface area contributed by atoms with Crippen molar-refractivity contribution in [3.05, 3.63) is 70.0 Å². The molecule has 0 unspecified atom stereocenters. The molecular formula is C24H28N2O2. The van der Waals surface area contributed by atoms with Gasteiger partial charge in [0.2, 0.25) is 5.91 Å². The van der Waals surface area contributed by atoms with Crippen LogP contribution in [-0.4, -0.2) is 28.5 Å². The predicted molar refractivity (Wildman–Crippen MR) is 116 cm³/mol. The average molecular weight is 377 g/mol. The summed E-state index contributed by atoms with van der Waals surface area (Å²) in [5.74, 6) is 0.140. The molecule has 28 heavy (non-hydrogen) atoms. The number of rotatable bonds is 6. The maximum absolute atomic E-state index is 13.1. The number of hydrogen-bond acceptors (Lipinski definition) is 2. The Labute approximate surface area is 166 Å². The summed E-state index contributed by atoms with van der Waals surface area (Å²) in [5, 5.41) is 0.693. The van der Waals surface area contributed by atoms with Crippen molar-refractivity contribution in [2.24, 2.45) is 0 Å². The molecule has 0 radical (unpaired) electrons. The summed E-state index contributed by atoms with van der Waals surface area (Å²) in [6.45, 7) is 10.0. The molecule has 2 aromatic carbocycles. The van der Waals surface area contributed by atoms with Crippen molar-refractivity contribution in [2.75, 3.05) is 13.1 Å². The second-order valence-corrected chi connectivity index (χ2v) is 7.27. The van der Waals surface area contributed by atoms with Crippen molar-refractivity contribution >= 4 is 16.8 Å². The van der Waals surface area contributed by atoms with Gasteiger partial charge in [-0.2, -0.15) is 0 Å². The standard InChI is InChI=1S/C24H28N2O2/c1-5-25(6-2)23(27)13-14-26-16-21(19-10-7-17(3)8-11-19)24(28)20-12-9-18(4)15-22(20)26/h7-12,15-16H,5-6,13-14H2,1-4H3. The maximum atomic E-state index is 13.1. The number of hydrogen-bond donors (Lipinski definition) is 0. The number of carbonyl (C=O) groups excluding carboxylic acids is 1. The molecule has 0 aliphatic heterocycles. The molecule has 0 N–H and O–H groups in total. The van der Waals surface area contributed by atoms with E-state index in [4.69, 9.17) is 0 Å². The van der Waals surface area contributed by atoms with E-state index in [1.807, 2.05) is 81.3 Å². The summed E-state index contributed by atoms with van der Waals surface area (Å²) < 4.78 is 2.06. The van der Waals surface area contributed by atoms with Crippen LogP contribution in [0.2, 0.25) is 0 Å². The van der Waals surface area contributed by atoms with Gasteiger partial charge >= 0.3 is 0 Å². The van der Waals surface area contributed by atoms with E-state index in [-0.39, 0.29) is 11.3 Å². The Hall–Kier alpha value is -2.88. The third-order valence-corrected chi connectivity index (χ3v) is 5.28. The molecule has 0 bridgehead atoms. The lowest BCUT2D eigenvalue weighted by atomic mass is 10.0. The Balaban J connectivity index is 2.08. The first-order valence-corrected chi connectivity index (χ1v) is 9.93. The fourth-order valence-electron chi connectivity index (χ4n) is 3.57. The van der Waals surface area contributed by atoms with Gasteiger partial charge in [-0.3, -0.25) is 9.59 Å². The van der Waals surface area contributed by atoms with Gasteiger partial charge in [0.15, 0.2) is 5.43 Å². The quantitative estimate of drug-likeness (QED) is 0.634. The molecule has 0 saturated heterocycles. The third-order valence-electron chi connectivity index (χ3n) is 5.28. The highest BCUT2D eigenvalue weighted by Gasteiger charge is 2.14. The van der Waals surface area contributed by atoms with Gasteiger partial charge in [-0.15, -0.1) is 0 Å². The zero-order chi connectivity index (χ0) is 20.3. The summed E-state index contributed by atoms with van der Waals surface area (Å²) in [4.78, 5) is 27.5. The number of carbonyl (C=O) groups is 1. The number of aryl methyl sites for hydroxylation is 3. The minimum absolute atomic E-state index is 0.0326. The van der Waals surface area contributed by atoms with Crippen molar-refractivity contribution < 1.29 is 4.79 Å². The average Bonchev–Trinajstić information content (AvgIpc) is 2.69. The van der Waals surface area contributed by atoms with E-state index >= 15 is 0 Å². The second-order valence-electron chi connectivity index (χ2n) is 7.27. The van der Waals surface area contributed by atoms with Crippen LogP contribution >= 0.6 is 0 Å². The summed E-state index contributed by atoms with van der Waals surface area (Å²) in [7, 11) is 0. The van der Waals surface area contributed by atoms with Crippen LogP contribution in [0.15, 0.2) is 53.5 Å². The first-order valence-electron chi connectivity index (χ1n) is 9.93. The van der Waals surface area contributed by atoms with Crippen LogP contribution in [0, 0.1) is 13.8 Å². The topological polar surface area (TPSA) is 42.3 Å². The first-order chi connectivity index (χ1) is 13.4. The Morgan fingerprint density at radius 1 is 0.964 bits per heavy atom. The molecule has 3 rings (SSSR count). The van der Waals surface area contributed by atoms with E-state index < -0.39 is 0 Å². The number of nitrogens with zero attached hydrogens (tertiary/aromatic N) is 2. The van der Waals surface area contributed by atoms with Gasteiger partial charge in [0.05, 0.1) is 5.52 Å². The molecule has 0 saturated carbocycles. The lowest BCUT2D eigenvalue weighted by molar-refractivity contribution is -0.131. The van der Waals surface area contributed by atoms with Crippen molar-refractivity contribution in [3.63, 3.8) is 0 Å². The molecular weight excluding hydrogens is 348 g/mol. The lowest BCUT2D eigenvalue weighted by Crippen LogP contribution is -2.31. The van der Waals surface area contributed by atoms with Gasteiger partial charge in [-0.1, -0.05) is 35.9 Å². The molecule has 0 fully saturated rings. The molecule has 0 atom stereocenters. The summed E-state index contributed by atoms with van der Waals surface area (Å²) >= 11 is 0. The minimum atomic E-state index is 0.0326. The van der Waals surface area contributed by atoms with Gasteiger partial charge in [0.1, 0.15) is 0 Å². The Kier molecular flexibility index (Phi) is 5.98. The summed E-state index contributed by atoms with van der Waals surface area (Å²) in [5.41, 5.74) is 4.75. The second kappa shape index (κ2) is 8.42. The number of pyridine rings is 1. The molecule has 0 spiro atoms. The number of aromatic nitrogens is 1. The highest BCUT2D eigenvalue weighted by Crippen LogP contribution is 2.22. The van der Waals surface area contributed by atoms with Crippen LogP contribution in [-0.2, 0) is 11.3 Å². The smallest absolute Gasteiger partial charge is 0.224 e. The van der Waals surface area contributed by atoms with Gasteiger partial charge in [0, 0.05) is 43.2 Å². The van der Waals surface area contributed by atoms with E-state index in [0.29, 0.717) is 37.0 Å². The molecule has 1 heterocycles. The Morgan fingerprint density at radius 3 is 2.25 bits per heavy atom. The normalized spacial score (nSPS) is 11.0. The molecule has 146 valence electrons. The van der Waals surface area contributed by atoms with Crippen molar-refractivity contribution in [2.45, 2.75) is 40.7 Å². The Bertz CT molecular complexity index is 1040. The zero-order valence-electron chi connectivity index (χ0n) is 17.2. The molecule has 4 nitrogen and oxygen atoms in total. The van der Waals surface area contributed by atoms with Crippen LogP contribution in [0.3, 0.4) is 0 Å². The van der Waals surface area contributed by atoms with E-state index in [1.165, 1.54) is 0 Å². The third kappa shape index (κ3) is 4.01. The van der Waals surface area contributed by atoms with Crippen LogP contribution < -0.4 is 5.43 Å². The molecule has 3 aromatic rings. The van der Waals surface area contributed by atoms with E-state index in [1.54, 1.807) is 0 Å². The highest BCUT2D eigenvalue weighted by atomic mass is 16.2. The first kappa shape index (κ1) is 19.9. The van der Waals surface area contributed by atoms with E-state index in [9.17, 15) is 9.59 Å². The number of benzene rings is 2. The molecule has 1 amide bonds. The molecule has 1 aromatic heterocycles. The fourth-order valence-corrected chi connectivity index (χ4v) is 3.57. The minimum Gasteiger partial charge on any atom is -0.346 e. The zero-order valence-corrected chi connectivity index (χ0v) is 17.2. The van der Waals surface area contributed by atoms with Gasteiger partial charge in [-0.25, -0.2) is 0 Å². The molecule has 4 heteroatoms. The van der Waals surface area contributed by atoms with Crippen LogP contribution in [0.4, 0.5) is 0 Å². The Morgan fingerprint density at radius 2 is 1.61 bits per heavy atom. The summed E-state index contributed by atoms with van der Waals surface area (Å²) in [6.07, 6.45) is 2.32. The van der Waals surface area contributed by atoms with Crippen LogP contribution in [0.25, 0.3) is 22.0 Å². The predicted octanol–water partition coefficient (Wildman–Crippen LogP) is 4.54. The van der Waals surface area contributed by atoms with Crippen LogP contribution in [0.5, 0.6) is 0 Å². The van der Waals surface area contributed by atoms with E-state index in [2.05, 4.69) is 4.57 Å². The summed E-state index contributed by atoms with van der Waals surface area (Å²) in [6, 6.07) is 13.9. The molecule has 0 aliphatic rings. The monoisotopic (exact) mass is 376 g/mol. The van der Waals surface area contributed by atoms with Gasteiger partial charge in [0.25, 0.3) is 0 Å². The number of amides is 1. The van der Waals surface area contributed by atoms with Gasteiger partial charge in [-0.05, 0) is 51.0 Å². The van der Waals surface area contributed by atoms with Gasteiger partial charge < -0.3 is 9.47 Å².